The highest BCUT2D eigenvalue weighted by atomic mass is 79.9. The molecule has 0 amide bonds. The maximum absolute atomic E-state index is 10.1. The Morgan fingerprint density at radius 2 is 2.15 bits per heavy atom. The van der Waals surface area contributed by atoms with Gasteiger partial charge in [0.05, 0.1) is 12.3 Å². The Bertz CT molecular complexity index is 649. The van der Waals surface area contributed by atoms with E-state index >= 15 is 0 Å². The van der Waals surface area contributed by atoms with E-state index in [0.717, 1.165) is 0 Å². The number of aliphatic hydroxyl groups is 3. The Labute approximate surface area is 121 Å². The Morgan fingerprint density at radius 1 is 1.40 bits per heavy atom. The standard InChI is InChI=1S/C11H13BrN4O4/c12-4-1-5(16-7(4)11(13)14-3-15-16)10-9(19)8(18)6(2-17)20-10/h1,3,6,8-10,17-19H,2H2,(H2,13,14,15)/t6-,8-,9-,10+/m1/s1. The molecule has 1 aliphatic rings. The molecule has 3 rings (SSSR count). The number of ether oxygens (including phenoxy) is 1. The molecule has 0 radical (unpaired) electrons. The number of nitrogens with zero attached hydrogens (tertiary/aromatic N) is 3. The van der Waals surface area contributed by atoms with E-state index in [9.17, 15) is 10.2 Å². The van der Waals surface area contributed by atoms with Crippen LogP contribution in [0.4, 0.5) is 5.82 Å². The Balaban J connectivity index is 2.10. The van der Waals surface area contributed by atoms with Crippen LogP contribution < -0.4 is 5.73 Å². The molecule has 0 spiro atoms. The molecule has 5 N–H and O–H groups in total. The summed E-state index contributed by atoms with van der Waals surface area (Å²) in [5.41, 5.74) is 6.86. The zero-order chi connectivity index (χ0) is 14.4. The summed E-state index contributed by atoms with van der Waals surface area (Å²) in [6.45, 7) is -0.379. The number of aromatic nitrogens is 3. The predicted octanol–water partition coefficient (Wildman–Crippen LogP) is -0.772. The van der Waals surface area contributed by atoms with Gasteiger partial charge in [0, 0.05) is 4.47 Å². The number of fused-ring (bicyclic) bond motifs is 1. The van der Waals surface area contributed by atoms with Crippen molar-refractivity contribution in [2.24, 2.45) is 0 Å². The lowest BCUT2D eigenvalue weighted by Gasteiger charge is -2.14. The summed E-state index contributed by atoms with van der Waals surface area (Å²) >= 11 is 3.35. The van der Waals surface area contributed by atoms with Crippen LogP contribution >= 0.6 is 15.9 Å². The number of hydrogen-bond donors (Lipinski definition) is 4. The van der Waals surface area contributed by atoms with Crippen molar-refractivity contribution in [2.45, 2.75) is 24.4 Å². The van der Waals surface area contributed by atoms with Crippen molar-refractivity contribution in [3.63, 3.8) is 0 Å². The molecule has 0 bridgehead atoms. The fraction of sp³-hybridized carbons (Fsp3) is 0.455. The Morgan fingerprint density at radius 3 is 2.80 bits per heavy atom. The highest BCUT2D eigenvalue weighted by Gasteiger charge is 2.44. The molecular formula is C11H13BrN4O4. The molecule has 20 heavy (non-hydrogen) atoms. The predicted molar refractivity (Wildman–Crippen MR) is 71.8 cm³/mol. The average molecular weight is 345 g/mol. The Hall–Kier alpha value is -1.26. The average Bonchev–Trinajstić information content (AvgIpc) is 2.90. The number of anilines is 1. The normalized spacial score (nSPS) is 30.2. The molecule has 2 aromatic rings. The summed E-state index contributed by atoms with van der Waals surface area (Å²) < 4.78 is 7.64. The third-order valence-electron chi connectivity index (χ3n) is 3.40. The lowest BCUT2D eigenvalue weighted by atomic mass is 10.1. The van der Waals surface area contributed by atoms with Crippen LogP contribution in [0.25, 0.3) is 5.52 Å². The van der Waals surface area contributed by atoms with Crippen molar-refractivity contribution in [1.82, 2.24) is 14.6 Å². The minimum absolute atomic E-state index is 0.282. The van der Waals surface area contributed by atoms with E-state index in [1.807, 2.05) is 0 Å². The van der Waals surface area contributed by atoms with Gasteiger partial charge in [0.25, 0.3) is 0 Å². The number of halogens is 1. The highest BCUT2D eigenvalue weighted by molar-refractivity contribution is 9.10. The van der Waals surface area contributed by atoms with Crippen LogP contribution in [-0.4, -0.2) is 54.8 Å². The molecule has 108 valence electrons. The van der Waals surface area contributed by atoms with E-state index in [1.165, 1.54) is 10.8 Å². The highest BCUT2D eigenvalue weighted by Crippen LogP contribution is 2.37. The van der Waals surface area contributed by atoms with Gasteiger partial charge in [0.15, 0.2) is 5.82 Å². The summed E-state index contributed by atoms with van der Waals surface area (Å²) in [6, 6.07) is 1.70. The Kier molecular flexibility index (Phi) is 3.38. The second-order valence-electron chi connectivity index (χ2n) is 4.58. The van der Waals surface area contributed by atoms with Gasteiger partial charge < -0.3 is 25.8 Å². The van der Waals surface area contributed by atoms with Gasteiger partial charge >= 0.3 is 0 Å². The first kappa shape index (κ1) is 13.7. The maximum Gasteiger partial charge on any atom is 0.152 e. The van der Waals surface area contributed by atoms with E-state index in [2.05, 4.69) is 26.0 Å². The van der Waals surface area contributed by atoms with Crippen molar-refractivity contribution >= 4 is 27.3 Å². The van der Waals surface area contributed by atoms with E-state index in [0.29, 0.717) is 15.7 Å². The van der Waals surface area contributed by atoms with Crippen molar-refractivity contribution in [3.05, 3.63) is 22.6 Å². The summed E-state index contributed by atoms with van der Waals surface area (Å²) in [5, 5.41) is 33.1. The molecule has 0 aliphatic carbocycles. The van der Waals surface area contributed by atoms with Gasteiger partial charge in [0.2, 0.25) is 0 Å². The van der Waals surface area contributed by atoms with E-state index < -0.39 is 24.4 Å². The summed E-state index contributed by atoms with van der Waals surface area (Å²) in [5.74, 6) is 0.282. The number of nitrogens with two attached hydrogens (primary N) is 1. The van der Waals surface area contributed by atoms with Gasteiger partial charge in [-0.2, -0.15) is 5.10 Å². The van der Waals surface area contributed by atoms with Crippen molar-refractivity contribution < 1.29 is 20.1 Å². The second-order valence-corrected chi connectivity index (χ2v) is 5.44. The van der Waals surface area contributed by atoms with E-state index in [4.69, 9.17) is 15.6 Å². The van der Waals surface area contributed by atoms with Gasteiger partial charge in [-0.25, -0.2) is 9.50 Å². The van der Waals surface area contributed by atoms with Crippen LogP contribution in [0.1, 0.15) is 11.8 Å². The maximum atomic E-state index is 10.1. The number of aliphatic hydroxyl groups excluding tert-OH is 3. The van der Waals surface area contributed by atoms with Crippen LogP contribution in [0.15, 0.2) is 16.9 Å². The molecule has 2 aromatic heterocycles. The summed E-state index contributed by atoms with van der Waals surface area (Å²) in [7, 11) is 0. The summed E-state index contributed by atoms with van der Waals surface area (Å²) in [4.78, 5) is 3.90. The van der Waals surface area contributed by atoms with Gasteiger partial charge in [-0.15, -0.1) is 0 Å². The minimum Gasteiger partial charge on any atom is -0.394 e. The molecule has 4 atom stereocenters. The van der Waals surface area contributed by atoms with Gasteiger partial charge in [-0.3, -0.25) is 0 Å². The molecule has 1 fully saturated rings. The molecule has 0 aromatic carbocycles. The van der Waals surface area contributed by atoms with Crippen LogP contribution in [-0.2, 0) is 4.74 Å². The molecule has 0 saturated carbocycles. The molecular weight excluding hydrogens is 332 g/mol. The molecule has 9 heteroatoms. The lowest BCUT2D eigenvalue weighted by Crippen LogP contribution is -2.32. The van der Waals surface area contributed by atoms with Crippen LogP contribution in [0.5, 0.6) is 0 Å². The molecule has 1 saturated heterocycles. The lowest BCUT2D eigenvalue weighted by molar-refractivity contribution is -0.0244. The van der Waals surface area contributed by atoms with Crippen LogP contribution in [0.2, 0.25) is 0 Å². The summed E-state index contributed by atoms with van der Waals surface area (Å²) in [6.07, 6.45) is -2.67. The third kappa shape index (κ3) is 1.90. The van der Waals surface area contributed by atoms with Gasteiger partial charge in [0.1, 0.15) is 36.3 Å². The van der Waals surface area contributed by atoms with Gasteiger partial charge in [-0.1, -0.05) is 0 Å². The fourth-order valence-corrected chi connectivity index (χ4v) is 3.00. The zero-order valence-electron chi connectivity index (χ0n) is 10.2. The molecule has 3 heterocycles. The molecule has 1 aliphatic heterocycles. The van der Waals surface area contributed by atoms with E-state index in [1.54, 1.807) is 6.07 Å². The molecule has 0 unspecified atom stereocenters. The first-order valence-corrected chi connectivity index (χ1v) is 6.74. The molecule has 8 nitrogen and oxygen atoms in total. The number of rotatable bonds is 2. The van der Waals surface area contributed by atoms with Crippen LogP contribution in [0.3, 0.4) is 0 Å². The number of hydrogen-bond acceptors (Lipinski definition) is 7. The third-order valence-corrected chi connectivity index (χ3v) is 4.00. The fourth-order valence-electron chi connectivity index (χ4n) is 2.39. The van der Waals surface area contributed by atoms with E-state index in [-0.39, 0.29) is 12.4 Å². The van der Waals surface area contributed by atoms with Crippen molar-refractivity contribution in [3.8, 4) is 0 Å². The quantitative estimate of drug-likeness (QED) is 0.563. The second kappa shape index (κ2) is 4.93. The van der Waals surface area contributed by atoms with Crippen LogP contribution in [0, 0.1) is 0 Å². The minimum atomic E-state index is -1.16. The number of nitrogen functional groups attached to an aromatic ring is 1. The largest absolute Gasteiger partial charge is 0.394 e. The topological polar surface area (TPSA) is 126 Å². The SMILES string of the molecule is Nc1ncnn2c([C@@H]3O[C@H](CO)[C@@H](O)[C@H]3O)cc(Br)c12. The zero-order valence-corrected chi connectivity index (χ0v) is 11.8. The van der Waals surface area contributed by atoms with Crippen molar-refractivity contribution in [1.29, 1.82) is 0 Å². The monoisotopic (exact) mass is 344 g/mol. The van der Waals surface area contributed by atoms with Crippen molar-refractivity contribution in [2.75, 3.05) is 12.3 Å². The smallest absolute Gasteiger partial charge is 0.152 e. The first-order chi connectivity index (χ1) is 9.54. The van der Waals surface area contributed by atoms with Gasteiger partial charge in [-0.05, 0) is 22.0 Å². The first-order valence-electron chi connectivity index (χ1n) is 5.94.